The Bertz CT molecular complexity index is 1460. The Morgan fingerprint density at radius 1 is 1.16 bits per heavy atom. The zero-order chi connectivity index (χ0) is 27.8. The van der Waals surface area contributed by atoms with Crippen LogP contribution in [0.3, 0.4) is 0 Å². The number of primary amides is 1. The number of halogens is 5. The monoisotopic (exact) mass is 567 g/mol. The normalized spacial score (nSPS) is 16.0. The van der Waals surface area contributed by atoms with Crippen molar-refractivity contribution in [2.24, 2.45) is 5.73 Å². The lowest BCUT2D eigenvalue weighted by Gasteiger charge is -2.28. The van der Waals surface area contributed by atoms with Crippen LogP contribution in [0.25, 0.3) is 11.1 Å². The van der Waals surface area contributed by atoms with Crippen molar-refractivity contribution in [3.8, 4) is 11.1 Å². The van der Waals surface area contributed by atoms with E-state index < -0.39 is 48.7 Å². The highest BCUT2D eigenvalue weighted by Crippen LogP contribution is 2.41. The van der Waals surface area contributed by atoms with Crippen molar-refractivity contribution >= 4 is 40.7 Å². The predicted molar refractivity (Wildman–Crippen MR) is 137 cm³/mol. The van der Waals surface area contributed by atoms with Gasteiger partial charge in [-0.25, -0.2) is 0 Å². The molecule has 3 aromatic rings. The molecule has 0 saturated heterocycles. The summed E-state index contributed by atoms with van der Waals surface area (Å²) in [7, 11) is 0. The zero-order valence-electron chi connectivity index (χ0n) is 19.9. The molecule has 0 radical (unpaired) electrons. The fourth-order valence-electron chi connectivity index (χ4n) is 4.35. The van der Waals surface area contributed by atoms with Crippen LogP contribution in [-0.2, 0) is 22.6 Å². The van der Waals surface area contributed by atoms with E-state index in [1.165, 1.54) is 48.7 Å². The smallest absolute Gasteiger partial charge is 0.366 e. The maximum absolute atomic E-state index is 13.7. The summed E-state index contributed by atoms with van der Waals surface area (Å²) < 4.78 is 47.5. The Balaban J connectivity index is 1.76. The Morgan fingerprint density at radius 2 is 1.84 bits per heavy atom. The topological polar surface area (TPSA) is 103 Å². The van der Waals surface area contributed by atoms with Gasteiger partial charge in [-0.3, -0.25) is 14.4 Å². The van der Waals surface area contributed by atoms with Crippen molar-refractivity contribution in [3.05, 3.63) is 85.8 Å². The number of carbonyl (C=O) groups is 2. The molecule has 1 aliphatic heterocycles. The molecule has 4 rings (SSSR count). The minimum absolute atomic E-state index is 0.0228. The van der Waals surface area contributed by atoms with Gasteiger partial charge in [0, 0.05) is 41.1 Å². The van der Waals surface area contributed by atoms with Gasteiger partial charge in [-0.2, -0.15) is 13.2 Å². The first kappa shape index (κ1) is 27.7. The molecule has 2 atom stereocenters. The van der Waals surface area contributed by atoms with Gasteiger partial charge in [0.2, 0.25) is 11.8 Å². The summed E-state index contributed by atoms with van der Waals surface area (Å²) in [5, 5.41) is 2.82. The van der Waals surface area contributed by atoms with Gasteiger partial charge in [-0.05, 0) is 47.9 Å². The van der Waals surface area contributed by atoms with Crippen LogP contribution < -0.4 is 16.6 Å². The fourth-order valence-corrected chi connectivity index (χ4v) is 4.79. The number of carbonyl (C=O) groups excluding carboxylic acids is 2. The zero-order valence-corrected chi connectivity index (χ0v) is 21.5. The largest absolute Gasteiger partial charge is 0.414 e. The van der Waals surface area contributed by atoms with Gasteiger partial charge in [0.15, 0.2) is 6.10 Å². The summed E-state index contributed by atoms with van der Waals surface area (Å²) in [5.74, 6) is -1.16. The molecule has 38 heavy (non-hydrogen) atoms. The van der Waals surface area contributed by atoms with Gasteiger partial charge < -0.3 is 20.4 Å². The number of pyridine rings is 1. The minimum Gasteiger partial charge on any atom is -0.366 e. The van der Waals surface area contributed by atoms with Crippen molar-refractivity contribution < 1.29 is 27.5 Å². The number of alkyl halides is 3. The van der Waals surface area contributed by atoms with Gasteiger partial charge in [0.1, 0.15) is 6.04 Å². The lowest BCUT2D eigenvalue weighted by molar-refractivity contribution is -0.223. The number of ether oxygens (including phenoxy) is 1. The summed E-state index contributed by atoms with van der Waals surface area (Å²) >= 11 is 12.6. The molecular formula is C26H22Cl2F3N3O4. The third-order valence-electron chi connectivity index (χ3n) is 6.29. The van der Waals surface area contributed by atoms with Crippen LogP contribution in [-0.4, -0.2) is 28.7 Å². The van der Waals surface area contributed by atoms with E-state index in [4.69, 9.17) is 33.7 Å². The second-order valence-electron chi connectivity index (χ2n) is 8.75. The predicted octanol–water partition coefficient (Wildman–Crippen LogP) is 5.51. The number of rotatable bonds is 5. The van der Waals surface area contributed by atoms with E-state index in [1.54, 1.807) is 6.92 Å². The van der Waals surface area contributed by atoms with Crippen molar-refractivity contribution in [1.82, 2.24) is 4.57 Å². The van der Waals surface area contributed by atoms with Crippen LogP contribution >= 0.6 is 23.2 Å². The summed E-state index contributed by atoms with van der Waals surface area (Å²) in [6, 6.07) is 8.91. The second-order valence-corrected chi connectivity index (χ2v) is 9.54. The highest BCUT2D eigenvalue weighted by molar-refractivity contribution is 6.43. The SMILES string of the molecule is CC[C@@H](C(=O)Nc1ccc(C(N)=O)cc1)n1cc2c(cc1=O)-c1c(ccc(Cl)c1Cl)CC(C(F)(F)F)OC2. The number of benzene rings is 2. The molecule has 2 heterocycles. The van der Waals surface area contributed by atoms with E-state index in [0.717, 1.165) is 4.57 Å². The number of nitrogens with zero attached hydrogens (tertiary/aromatic N) is 1. The fraction of sp³-hybridized carbons (Fsp3) is 0.269. The molecule has 2 amide bonds. The number of anilines is 1. The number of amides is 2. The standard InChI is InChI=1S/C26H22Cl2F3N3O4/c1-2-19(25(37)33-16-6-3-13(4-7-16)24(32)36)34-11-15-12-38-20(26(29,30)31)9-14-5-8-18(27)23(28)22(14)17(15)10-21(34)35/h3-8,10-11,19-20H,2,9,12H2,1H3,(H2,32,36)(H,33,37)/t19-,20?/m0/s1. The number of hydrogen-bond donors (Lipinski definition) is 2. The van der Waals surface area contributed by atoms with Crippen LogP contribution in [0.1, 0.15) is 40.9 Å². The van der Waals surface area contributed by atoms with Gasteiger partial charge in [-0.1, -0.05) is 36.2 Å². The van der Waals surface area contributed by atoms with Crippen molar-refractivity contribution in [3.63, 3.8) is 0 Å². The summed E-state index contributed by atoms with van der Waals surface area (Å²) in [4.78, 5) is 37.6. The van der Waals surface area contributed by atoms with Crippen molar-refractivity contribution in [2.45, 2.75) is 44.7 Å². The number of nitrogens with one attached hydrogen (secondary N) is 1. The van der Waals surface area contributed by atoms with E-state index in [9.17, 15) is 27.6 Å². The second kappa shape index (κ2) is 10.8. The molecule has 2 aromatic carbocycles. The van der Waals surface area contributed by atoms with Gasteiger partial charge in [0.05, 0.1) is 16.7 Å². The van der Waals surface area contributed by atoms with E-state index in [0.29, 0.717) is 5.69 Å². The molecule has 0 fully saturated rings. The molecule has 3 N–H and O–H groups in total. The Hall–Kier alpha value is -3.34. The van der Waals surface area contributed by atoms with Gasteiger partial charge >= 0.3 is 6.18 Å². The number of hydrogen-bond acceptors (Lipinski definition) is 4. The Morgan fingerprint density at radius 3 is 2.45 bits per heavy atom. The number of fused-ring (bicyclic) bond motifs is 3. The van der Waals surface area contributed by atoms with E-state index in [2.05, 4.69) is 5.32 Å². The van der Waals surface area contributed by atoms with Crippen LogP contribution in [0, 0.1) is 0 Å². The van der Waals surface area contributed by atoms with E-state index >= 15 is 0 Å². The maximum atomic E-state index is 13.7. The molecule has 0 bridgehead atoms. The molecule has 1 aliphatic rings. The molecular weight excluding hydrogens is 546 g/mol. The van der Waals surface area contributed by atoms with Crippen LogP contribution in [0.5, 0.6) is 0 Å². The molecule has 0 saturated carbocycles. The number of nitrogens with two attached hydrogens (primary N) is 1. The minimum atomic E-state index is -4.65. The molecule has 0 aliphatic carbocycles. The van der Waals surface area contributed by atoms with Gasteiger partial charge in [0.25, 0.3) is 5.56 Å². The summed E-state index contributed by atoms with van der Waals surface area (Å²) in [5.41, 5.74) is 6.26. The van der Waals surface area contributed by atoms with Crippen LogP contribution in [0.2, 0.25) is 10.0 Å². The summed E-state index contributed by atoms with van der Waals surface area (Å²) in [6.07, 6.45) is -5.75. The third-order valence-corrected chi connectivity index (χ3v) is 7.09. The molecule has 1 unspecified atom stereocenters. The molecule has 0 spiro atoms. The van der Waals surface area contributed by atoms with E-state index in [-0.39, 0.29) is 44.3 Å². The van der Waals surface area contributed by atoms with Crippen LogP contribution in [0.4, 0.5) is 18.9 Å². The number of aromatic nitrogens is 1. The van der Waals surface area contributed by atoms with Gasteiger partial charge in [-0.15, -0.1) is 0 Å². The first-order valence-corrected chi connectivity index (χ1v) is 12.3. The first-order valence-electron chi connectivity index (χ1n) is 11.5. The average molecular weight is 568 g/mol. The van der Waals surface area contributed by atoms with Crippen molar-refractivity contribution in [1.29, 1.82) is 0 Å². The Kier molecular flexibility index (Phi) is 7.87. The molecule has 12 heteroatoms. The molecule has 7 nitrogen and oxygen atoms in total. The maximum Gasteiger partial charge on any atom is 0.414 e. The quantitative estimate of drug-likeness (QED) is 0.424. The highest BCUT2D eigenvalue weighted by atomic mass is 35.5. The third kappa shape index (κ3) is 5.57. The van der Waals surface area contributed by atoms with Crippen molar-refractivity contribution in [2.75, 3.05) is 5.32 Å². The molecule has 200 valence electrons. The lowest BCUT2D eigenvalue weighted by Crippen LogP contribution is -2.36. The first-order chi connectivity index (χ1) is 17.9. The lowest BCUT2D eigenvalue weighted by atomic mass is 9.92. The van der Waals surface area contributed by atoms with Crippen LogP contribution in [0.15, 0.2) is 53.5 Å². The Labute approximate surface area is 225 Å². The molecule has 1 aromatic heterocycles. The highest BCUT2D eigenvalue weighted by Gasteiger charge is 2.42. The summed E-state index contributed by atoms with van der Waals surface area (Å²) in [6.45, 7) is 1.21. The average Bonchev–Trinajstić information content (AvgIpc) is 2.84. The van der Waals surface area contributed by atoms with E-state index in [1.807, 2.05) is 0 Å².